The second-order valence-corrected chi connectivity index (χ2v) is 8.97. The molecule has 1 aromatic heterocycles. The molecule has 1 fully saturated rings. The van der Waals surface area contributed by atoms with Crippen LogP contribution >= 0.6 is 11.3 Å². The van der Waals surface area contributed by atoms with Crippen molar-refractivity contribution in [1.29, 1.82) is 0 Å². The highest BCUT2D eigenvalue weighted by molar-refractivity contribution is 7.17. The summed E-state index contributed by atoms with van der Waals surface area (Å²) < 4.78 is 11.6. The van der Waals surface area contributed by atoms with Crippen molar-refractivity contribution in [3.8, 4) is 16.2 Å². The number of fused-ring (bicyclic) bond motifs is 3. The topological polar surface area (TPSA) is 50.8 Å². The van der Waals surface area contributed by atoms with Crippen LogP contribution in [0.4, 0.5) is 11.4 Å². The standard InChI is InChI=1S/C24H24N2O3S/c1-15-12-26(13-16(2)29-15)19-9-7-18(8-10-19)25-24(27)22-11-17-14-28-21-6-4-3-5-20(21)23(17)30-22/h3-11,15-16H,12-14H2,1-2H3,(H,25,27). The highest BCUT2D eigenvalue weighted by Gasteiger charge is 2.24. The Morgan fingerprint density at radius 1 is 1.07 bits per heavy atom. The van der Waals surface area contributed by atoms with Gasteiger partial charge in [-0.05, 0) is 56.3 Å². The van der Waals surface area contributed by atoms with Crippen molar-refractivity contribution in [2.24, 2.45) is 0 Å². The third kappa shape index (κ3) is 3.68. The molecule has 0 radical (unpaired) electrons. The molecule has 0 aliphatic carbocycles. The normalized spacial score (nSPS) is 20.1. The number of hydrogen-bond donors (Lipinski definition) is 1. The quantitative estimate of drug-likeness (QED) is 0.635. The number of amides is 1. The van der Waals surface area contributed by atoms with E-state index in [4.69, 9.17) is 9.47 Å². The second-order valence-electron chi connectivity index (χ2n) is 7.91. The first-order valence-electron chi connectivity index (χ1n) is 10.2. The molecule has 5 nitrogen and oxygen atoms in total. The highest BCUT2D eigenvalue weighted by atomic mass is 32.1. The van der Waals surface area contributed by atoms with Crippen molar-refractivity contribution in [3.63, 3.8) is 0 Å². The zero-order valence-electron chi connectivity index (χ0n) is 17.1. The van der Waals surface area contributed by atoms with Crippen LogP contribution < -0.4 is 15.0 Å². The number of nitrogens with zero attached hydrogens (tertiary/aromatic N) is 1. The fraction of sp³-hybridized carbons (Fsp3) is 0.292. The van der Waals surface area contributed by atoms with Crippen LogP contribution in [0.1, 0.15) is 29.1 Å². The largest absolute Gasteiger partial charge is 0.488 e. The Labute approximate surface area is 180 Å². The number of anilines is 2. The Hall–Kier alpha value is -2.83. The number of carbonyl (C=O) groups excluding carboxylic acids is 1. The van der Waals surface area contributed by atoms with Gasteiger partial charge in [-0.25, -0.2) is 0 Å². The lowest BCUT2D eigenvalue weighted by molar-refractivity contribution is -0.00521. The minimum atomic E-state index is -0.0896. The summed E-state index contributed by atoms with van der Waals surface area (Å²) in [6.07, 6.45) is 0.430. The minimum Gasteiger partial charge on any atom is -0.488 e. The number of carbonyl (C=O) groups is 1. The van der Waals surface area contributed by atoms with Crippen molar-refractivity contribution in [2.75, 3.05) is 23.3 Å². The number of rotatable bonds is 3. The van der Waals surface area contributed by atoms with Gasteiger partial charge in [0.15, 0.2) is 0 Å². The Morgan fingerprint density at radius 2 is 1.80 bits per heavy atom. The number of ether oxygens (including phenoxy) is 2. The molecule has 0 saturated carbocycles. The fourth-order valence-corrected chi connectivity index (χ4v) is 5.24. The SMILES string of the molecule is CC1CN(c2ccc(NC(=O)c3cc4c(s3)-c3ccccc3OC4)cc2)CC(C)O1. The van der Waals surface area contributed by atoms with Crippen molar-refractivity contribution < 1.29 is 14.3 Å². The molecule has 2 unspecified atom stereocenters. The molecular formula is C24H24N2O3S. The van der Waals surface area contributed by atoms with Gasteiger partial charge in [0.25, 0.3) is 5.91 Å². The molecule has 0 spiro atoms. The molecular weight excluding hydrogens is 396 g/mol. The van der Waals surface area contributed by atoms with E-state index in [0.29, 0.717) is 11.5 Å². The van der Waals surface area contributed by atoms with E-state index in [1.807, 2.05) is 42.5 Å². The molecule has 3 heterocycles. The molecule has 2 aliphatic heterocycles. The third-order valence-corrected chi connectivity index (χ3v) is 6.67. The van der Waals surface area contributed by atoms with Gasteiger partial charge >= 0.3 is 0 Å². The monoisotopic (exact) mass is 420 g/mol. The van der Waals surface area contributed by atoms with E-state index < -0.39 is 0 Å². The van der Waals surface area contributed by atoms with Gasteiger partial charge in [-0.2, -0.15) is 0 Å². The summed E-state index contributed by atoms with van der Waals surface area (Å²) in [7, 11) is 0. The van der Waals surface area contributed by atoms with E-state index in [-0.39, 0.29) is 18.1 Å². The van der Waals surface area contributed by atoms with E-state index >= 15 is 0 Å². The average molecular weight is 421 g/mol. The van der Waals surface area contributed by atoms with E-state index in [9.17, 15) is 4.79 Å². The first-order valence-corrected chi connectivity index (χ1v) is 11.0. The van der Waals surface area contributed by atoms with Gasteiger partial charge in [-0.1, -0.05) is 12.1 Å². The predicted molar refractivity (Wildman–Crippen MR) is 121 cm³/mol. The third-order valence-electron chi connectivity index (χ3n) is 5.46. The number of para-hydroxylation sites is 1. The molecule has 1 saturated heterocycles. The molecule has 3 aromatic rings. The van der Waals surface area contributed by atoms with E-state index in [0.717, 1.165) is 46.2 Å². The van der Waals surface area contributed by atoms with E-state index in [2.05, 4.69) is 36.2 Å². The van der Waals surface area contributed by atoms with Crippen LogP contribution in [0.3, 0.4) is 0 Å². The van der Waals surface area contributed by atoms with Crippen LogP contribution in [0, 0.1) is 0 Å². The van der Waals surface area contributed by atoms with Gasteiger partial charge in [-0.3, -0.25) is 4.79 Å². The lowest BCUT2D eigenvalue weighted by Crippen LogP contribution is -2.45. The van der Waals surface area contributed by atoms with Crippen LogP contribution in [0.15, 0.2) is 54.6 Å². The lowest BCUT2D eigenvalue weighted by Gasteiger charge is -2.36. The maximum atomic E-state index is 12.8. The second kappa shape index (κ2) is 7.78. The van der Waals surface area contributed by atoms with Crippen molar-refractivity contribution >= 4 is 28.6 Å². The van der Waals surface area contributed by atoms with Crippen molar-refractivity contribution in [1.82, 2.24) is 0 Å². The summed E-state index contributed by atoms with van der Waals surface area (Å²) in [5, 5.41) is 3.03. The van der Waals surface area contributed by atoms with Crippen LogP contribution in [-0.4, -0.2) is 31.2 Å². The molecule has 1 N–H and O–H groups in total. The number of nitrogens with one attached hydrogen (secondary N) is 1. The van der Waals surface area contributed by atoms with E-state index in [1.165, 1.54) is 11.3 Å². The zero-order valence-corrected chi connectivity index (χ0v) is 17.9. The molecule has 6 heteroatoms. The summed E-state index contributed by atoms with van der Waals surface area (Å²) in [5.41, 5.74) is 4.06. The molecule has 1 amide bonds. The summed E-state index contributed by atoms with van der Waals surface area (Å²) >= 11 is 1.52. The Balaban J connectivity index is 1.30. The molecule has 2 atom stereocenters. The first-order chi connectivity index (χ1) is 14.6. The van der Waals surface area contributed by atoms with Gasteiger partial charge in [0, 0.05) is 40.5 Å². The van der Waals surface area contributed by atoms with Crippen molar-refractivity contribution in [3.05, 3.63) is 65.0 Å². The first kappa shape index (κ1) is 19.2. The summed E-state index contributed by atoms with van der Waals surface area (Å²) in [5.74, 6) is 0.786. The van der Waals surface area contributed by atoms with Crippen LogP contribution in [0.25, 0.3) is 10.4 Å². The van der Waals surface area contributed by atoms with Gasteiger partial charge in [-0.15, -0.1) is 11.3 Å². The predicted octanol–water partition coefficient (Wildman–Crippen LogP) is 5.17. The van der Waals surface area contributed by atoms with Crippen LogP contribution in [0.5, 0.6) is 5.75 Å². The summed E-state index contributed by atoms with van der Waals surface area (Å²) in [4.78, 5) is 17.0. The van der Waals surface area contributed by atoms with E-state index in [1.54, 1.807) is 0 Å². The maximum Gasteiger partial charge on any atom is 0.265 e. The zero-order chi connectivity index (χ0) is 20.7. The number of benzene rings is 2. The summed E-state index contributed by atoms with van der Waals surface area (Å²) in [6.45, 7) is 6.45. The molecule has 0 bridgehead atoms. The molecule has 154 valence electrons. The maximum absolute atomic E-state index is 12.8. The molecule has 5 rings (SSSR count). The molecule has 2 aromatic carbocycles. The molecule has 2 aliphatic rings. The van der Waals surface area contributed by atoms with Gasteiger partial charge < -0.3 is 19.7 Å². The Kier molecular flexibility index (Phi) is 4.97. The number of morpholine rings is 1. The number of thiophene rings is 1. The van der Waals surface area contributed by atoms with Crippen LogP contribution in [-0.2, 0) is 11.3 Å². The van der Waals surface area contributed by atoms with Gasteiger partial charge in [0.2, 0.25) is 0 Å². The Morgan fingerprint density at radius 3 is 2.57 bits per heavy atom. The smallest absolute Gasteiger partial charge is 0.265 e. The lowest BCUT2D eigenvalue weighted by atomic mass is 10.1. The Bertz CT molecular complexity index is 1070. The van der Waals surface area contributed by atoms with Gasteiger partial charge in [0.1, 0.15) is 12.4 Å². The average Bonchev–Trinajstić information content (AvgIpc) is 3.19. The van der Waals surface area contributed by atoms with Crippen LogP contribution in [0.2, 0.25) is 0 Å². The summed E-state index contributed by atoms with van der Waals surface area (Å²) in [6, 6.07) is 18.0. The number of hydrogen-bond acceptors (Lipinski definition) is 5. The molecule has 30 heavy (non-hydrogen) atoms. The highest BCUT2D eigenvalue weighted by Crippen LogP contribution is 2.42. The van der Waals surface area contributed by atoms with Gasteiger partial charge in [0.05, 0.1) is 17.1 Å². The minimum absolute atomic E-state index is 0.0896. The fourth-order valence-electron chi connectivity index (χ4n) is 4.15. The van der Waals surface area contributed by atoms with Crippen molar-refractivity contribution in [2.45, 2.75) is 32.7 Å².